The number of nitrogens with one attached hydrogen (secondary N) is 3. The summed E-state index contributed by atoms with van der Waals surface area (Å²) in [6, 6.07) is 10.5. The number of benzene rings is 2. The number of hydrogen-bond donors (Lipinski definition) is 4. The predicted molar refractivity (Wildman–Crippen MR) is 127 cm³/mol. The number of hydrogen-bond acceptors (Lipinski definition) is 6. The summed E-state index contributed by atoms with van der Waals surface area (Å²) in [5, 5.41) is 14.9. The lowest BCUT2D eigenvalue weighted by Gasteiger charge is -2.17. The zero-order chi connectivity index (χ0) is 26.6. The van der Waals surface area contributed by atoms with E-state index in [1.807, 2.05) is 0 Å². The fraction of sp³-hybridized carbons (Fsp3) is 0.160. The van der Waals surface area contributed by atoms with E-state index in [1.54, 1.807) is 31.5 Å². The SMILES string of the molecule is Cc1cnc(Nc2cccc(F)c2)nc1-c1c[nH]c(OC(=O)NC(CO)c2cccc(C(F)(F)F)c2)c1. The molecule has 8 nitrogen and oxygen atoms in total. The molecule has 2 aromatic carbocycles. The minimum Gasteiger partial charge on any atom is -0.394 e. The maximum absolute atomic E-state index is 13.5. The molecular formula is C25H21F4N5O3. The Kier molecular flexibility index (Phi) is 7.39. The van der Waals surface area contributed by atoms with Crippen LogP contribution in [0, 0.1) is 12.7 Å². The number of aromatic nitrogens is 3. The second-order valence-corrected chi connectivity index (χ2v) is 8.01. The molecule has 1 atom stereocenters. The zero-order valence-electron chi connectivity index (χ0n) is 19.3. The van der Waals surface area contributed by atoms with Crippen molar-refractivity contribution in [1.82, 2.24) is 20.3 Å². The van der Waals surface area contributed by atoms with Crippen molar-refractivity contribution in [2.24, 2.45) is 0 Å². The van der Waals surface area contributed by atoms with Gasteiger partial charge in [-0.2, -0.15) is 13.2 Å². The van der Waals surface area contributed by atoms with Crippen LogP contribution >= 0.6 is 0 Å². The van der Waals surface area contributed by atoms with Crippen LogP contribution in [-0.4, -0.2) is 32.8 Å². The van der Waals surface area contributed by atoms with Gasteiger partial charge in [0, 0.05) is 29.7 Å². The van der Waals surface area contributed by atoms with Crippen molar-refractivity contribution in [3.05, 3.63) is 89.5 Å². The molecule has 4 aromatic rings. The summed E-state index contributed by atoms with van der Waals surface area (Å²) < 4.78 is 57.7. The normalized spacial score (nSPS) is 12.2. The lowest BCUT2D eigenvalue weighted by atomic mass is 10.0. The summed E-state index contributed by atoms with van der Waals surface area (Å²) in [6.07, 6.45) is -2.44. The van der Waals surface area contributed by atoms with E-state index in [4.69, 9.17) is 4.74 Å². The molecule has 192 valence electrons. The molecule has 0 aliphatic rings. The van der Waals surface area contributed by atoms with Crippen molar-refractivity contribution in [2.45, 2.75) is 19.1 Å². The van der Waals surface area contributed by atoms with Gasteiger partial charge in [-0.25, -0.2) is 19.2 Å². The van der Waals surface area contributed by atoms with Gasteiger partial charge < -0.3 is 25.5 Å². The second-order valence-electron chi connectivity index (χ2n) is 8.01. The molecule has 12 heteroatoms. The number of ether oxygens (including phenoxy) is 1. The zero-order valence-corrected chi connectivity index (χ0v) is 19.3. The van der Waals surface area contributed by atoms with Crippen LogP contribution in [0.2, 0.25) is 0 Å². The van der Waals surface area contributed by atoms with Gasteiger partial charge in [0.1, 0.15) is 5.82 Å². The predicted octanol–water partition coefficient (Wildman–Crippen LogP) is 5.50. The average molecular weight is 515 g/mol. The molecule has 1 amide bonds. The number of nitrogens with zero attached hydrogens (tertiary/aromatic N) is 2. The second kappa shape index (κ2) is 10.7. The van der Waals surface area contributed by atoms with Crippen LogP contribution in [0.5, 0.6) is 5.88 Å². The molecule has 37 heavy (non-hydrogen) atoms. The number of carbonyl (C=O) groups excluding carboxylic acids is 1. The number of H-pyrrole nitrogens is 1. The highest BCUT2D eigenvalue weighted by Crippen LogP contribution is 2.31. The fourth-order valence-corrected chi connectivity index (χ4v) is 3.50. The Morgan fingerprint density at radius 3 is 2.68 bits per heavy atom. The van der Waals surface area contributed by atoms with Crippen molar-refractivity contribution in [2.75, 3.05) is 11.9 Å². The smallest absolute Gasteiger partial charge is 0.394 e. The first-order valence-electron chi connectivity index (χ1n) is 10.9. The number of aliphatic hydroxyl groups excluding tert-OH is 1. The number of aliphatic hydroxyl groups is 1. The highest BCUT2D eigenvalue weighted by Gasteiger charge is 2.31. The number of aromatic amines is 1. The van der Waals surface area contributed by atoms with Gasteiger partial charge in [-0.15, -0.1) is 0 Å². The van der Waals surface area contributed by atoms with Crippen molar-refractivity contribution in [1.29, 1.82) is 0 Å². The Hall–Kier alpha value is -4.45. The third kappa shape index (κ3) is 6.41. The summed E-state index contributed by atoms with van der Waals surface area (Å²) in [4.78, 5) is 23.8. The quantitative estimate of drug-likeness (QED) is 0.242. The molecule has 4 N–H and O–H groups in total. The van der Waals surface area contributed by atoms with Crippen LogP contribution in [0.3, 0.4) is 0 Å². The van der Waals surface area contributed by atoms with E-state index in [0.717, 1.165) is 12.1 Å². The van der Waals surface area contributed by atoms with Crippen LogP contribution in [0.25, 0.3) is 11.3 Å². The maximum Gasteiger partial charge on any atom is 0.416 e. The van der Waals surface area contributed by atoms with Crippen LogP contribution in [0.4, 0.5) is 34.0 Å². The van der Waals surface area contributed by atoms with Crippen LogP contribution in [0.1, 0.15) is 22.7 Å². The summed E-state index contributed by atoms with van der Waals surface area (Å²) in [6.45, 7) is 1.13. The average Bonchev–Trinajstić information content (AvgIpc) is 3.31. The molecule has 0 bridgehead atoms. The molecule has 4 rings (SSSR count). The molecule has 2 heterocycles. The maximum atomic E-state index is 13.5. The lowest BCUT2D eigenvalue weighted by Crippen LogP contribution is -2.33. The van der Waals surface area contributed by atoms with Crippen molar-refractivity contribution < 1.29 is 32.2 Å². The van der Waals surface area contributed by atoms with Gasteiger partial charge in [-0.3, -0.25) is 0 Å². The number of amides is 1. The van der Waals surface area contributed by atoms with Crippen LogP contribution in [-0.2, 0) is 6.18 Å². The van der Waals surface area contributed by atoms with E-state index >= 15 is 0 Å². The van der Waals surface area contributed by atoms with Gasteiger partial charge >= 0.3 is 12.3 Å². The monoisotopic (exact) mass is 515 g/mol. The Morgan fingerprint density at radius 2 is 1.95 bits per heavy atom. The van der Waals surface area contributed by atoms with E-state index < -0.39 is 36.3 Å². The first-order chi connectivity index (χ1) is 17.6. The van der Waals surface area contributed by atoms with Gasteiger partial charge in [-0.1, -0.05) is 18.2 Å². The van der Waals surface area contributed by atoms with E-state index in [0.29, 0.717) is 22.5 Å². The van der Waals surface area contributed by atoms with E-state index in [2.05, 4.69) is 25.6 Å². The standard InChI is InChI=1S/C25H21F4N5O3/c1-14-11-31-23(32-19-7-3-6-18(26)10-19)34-22(14)16-9-21(30-12-16)37-24(36)33-20(13-35)15-4-2-5-17(8-15)25(27,28)29/h2-12,20,30,35H,13H2,1H3,(H,33,36)(H,31,32,34). The molecule has 1 unspecified atom stereocenters. The molecule has 0 fully saturated rings. The number of anilines is 2. The van der Waals surface area contributed by atoms with Gasteiger partial charge in [0.25, 0.3) is 0 Å². The van der Waals surface area contributed by atoms with Crippen molar-refractivity contribution >= 4 is 17.7 Å². The van der Waals surface area contributed by atoms with Gasteiger partial charge in [0.15, 0.2) is 0 Å². The first kappa shape index (κ1) is 25.6. The molecule has 2 aromatic heterocycles. The van der Waals surface area contributed by atoms with E-state index in [9.17, 15) is 27.5 Å². The van der Waals surface area contributed by atoms with E-state index in [1.165, 1.54) is 30.3 Å². The Labute approximate surface area is 208 Å². The number of halogens is 4. The molecule has 0 saturated carbocycles. The highest BCUT2D eigenvalue weighted by atomic mass is 19.4. The molecule has 0 saturated heterocycles. The molecular weight excluding hydrogens is 494 g/mol. The van der Waals surface area contributed by atoms with Crippen LogP contribution in [0.15, 0.2) is 67.0 Å². The third-order valence-corrected chi connectivity index (χ3v) is 5.28. The van der Waals surface area contributed by atoms with Crippen molar-refractivity contribution in [3.8, 4) is 17.1 Å². The molecule has 0 spiro atoms. The summed E-state index contributed by atoms with van der Waals surface area (Å²) in [5.41, 5.74) is 1.41. The third-order valence-electron chi connectivity index (χ3n) is 5.28. The Morgan fingerprint density at radius 1 is 1.16 bits per heavy atom. The van der Waals surface area contributed by atoms with Crippen molar-refractivity contribution in [3.63, 3.8) is 0 Å². The summed E-state index contributed by atoms with van der Waals surface area (Å²) >= 11 is 0. The van der Waals surface area contributed by atoms with Gasteiger partial charge in [0.2, 0.25) is 11.8 Å². The first-order valence-corrected chi connectivity index (χ1v) is 10.9. The number of aryl methyl sites for hydroxylation is 1. The Balaban J connectivity index is 1.45. The highest BCUT2D eigenvalue weighted by molar-refractivity contribution is 5.72. The Bertz CT molecular complexity index is 1410. The molecule has 0 aliphatic heterocycles. The van der Waals surface area contributed by atoms with Crippen LogP contribution < -0.4 is 15.4 Å². The topological polar surface area (TPSA) is 112 Å². The van der Waals surface area contributed by atoms with Gasteiger partial charge in [-0.05, 0) is 48.4 Å². The minimum atomic E-state index is -4.57. The molecule has 0 radical (unpaired) electrons. The number of carbonyl (C=O) groups is 1. The summed E-state index contributed by atoms with van der Waals surface area (Å²) in [7, 11) is 0. The number of alkyl halides is 3. The largest absolute Gasteiger partial charge is 0.416 e. The summed E-state index contributed by atoms with van der Waals surface area (Å²) in [5.74, 6) is -0.162. The minimum absolute atomic E-state index is 0.0332. The van der Waals surface area contributed by atoms with E-state index in [-0.39, 0.29) is 17.4 Å². The lowest BCUT2D eigenvalue weighted by molar-refractivity contribution is -0.137. The van der Waals surface area contributed by atoms with Gasteiger partial charge in [0.05, 0.1) is 23.9 Å². The number of rotatable bonds is 7. The fourth-order valence-electron chi connectivity index (χ4n) is 3.50. The molecule has 0 aliphatic carbocycles.